The minimum atomic E-state index is -0.273. The third-order valence-corrected chi connectivity index (χ3v) is 6.87. The zero-order valence-electron chi connectivity index (χ0n) is 17.7. The van der Waals surface area contributed by atoms with Crippen LogP contribution in [0.3, 0.4) is 0 Å². The summed E-state index contributed by atoms with van der Waals surface area (Å²) in [5, 5.41) is 0.723. The molecule has 2 heterocycles. The number of hydrogen-bond acceptors (Lipinski definition) is 5. The number of anilines is 1. The predicted molar refractivity (Wildman–Crippen MR) is 126 cm³/mol. The van der Waals surface area contributed by atoms with E-state index in [1.165, 1.54) is 54.6 Å². The van der Waals surface area contributed by atoms with Crippen molar-refractivity contribution in [1.29, 1.82) is 0 Å². The van der Waals surface area contributed by atoms with Crippen molar-refractivity contribution in [3.63, 3.8) is 0 Å². The van der Waals surface area contributed by atoms with Crippen LogP contribution in [0.4, 0.5) is 10.1 Å². The maximum absolute atomic E-state index is 13.8. The number of rotatable bonds is 6. The Bertz CT molecular complexity index is 1200. The van der Waals surface area contributed by atoms with Crippen molar-refractivity contribution in [3.8, 4) is 5.75 Å². The van der Waals surface area contributed by atoms with E-state index in [-0.39, 0.29) is 5.82 Å². The van der Waals surface area contributed by atoms with Crippen molar-refractivity contribution in [2.75, 3.05) is 11.5 Å². The predicted octanol–water partition coefficient (Wildman–Crippen LogP) is 6.72. The van der Waals surface area contributed by atoms with Crippen LogP contribution in [0.1, 0.15) is 44.7 Å². The van der Waals surface area contributed by atoms with Gasteiger partial charge in [-0.3, -0.25) is 4.98 Å². The Kier molecular flexibility index (Phi) is 5.72. The summed E-state index contributed by atoms with van der Waals surface area (Å²) in [4.78, 5) is 11.8. The molecular formula is C25H26FN3OS. The number of pyridine rings is 1. The summed E-state index contributed by atoms with van der Waals surface area (Å²) in [5.74, 6) is 0.424. The molecule has 2 aromatic heterocycles. The lowest BCUT2D eigenvalue weighted by Gasteiger charge is -2.36. The van der Waals surface area contributed by atoms with Crippen molar-refractivity contribution in [2.24, 2.45) is 0 Å². The van der Waals surface area contributed by atoms with Crippen LogP contribution in [0.5, 0.6) is 5.75 Å². The number of aromatic nitrogens is 2. The molecule has 1 fully saturated rings. The Morgan fingerprint density at radius 1 is 1.06 bits per heavy atom. The van der Waals surface area contributed by atoms with E-state index in [2.05, 4.69) is 28.1 Å². The van der Waals surface area contributed by atoms with Crippen molar-refractivity contribution < 1.29 is 9.13 Å². The van der Waals surface area contributed by atoms with Crippen LogP contribution in [0.2, 0.25) is 0 Å². The Morgan fingerprint density at radius 2 is 1.90 bits per heavy atom. The minimum Gasteiger partial charge on any atom is -0.493 e. The van der Waals surface area contributed by atoms with Gasteiger partial charge >= 0.3 is 0 Å². The van der Waals surface area contributed by atoms with Gasteiger partial charge in [0.1, 0.15) is 11.6 Å². The molecule has 160 valence electrons. The first kappa shape index (κ1) is 20.2. The molecule has 1 saturated carbocycles. The number of fused-ring (bicyclic) bond motifs is 2. The molecule has 1 aliphatic rings. The SMILES string of the molecule is CCOc1cc(CN(c2ccc3ncsc3c2)C2CCCCC2)nc2ccc(F)cc12. The minimum absolute atomic E-state index is 0.273. The first-order chi connectivity index (χ1) is 15.2. The van der Waals surface area contributed by atoms with Crippen molar-refractivity contribution >= 4 is 38.1 Å². The first-order valence-electron chi connectivity index (χ1n) is 11.0. The van der Waals surface area contributed by atoms with Gasteiger partial charge in [0.25, 0.3) is 0 Å². The normalized spacial score (nSPS) is 14.9. The van der Waals surface area contributed by atoms with Gasteiger partial charge in [-0.15, -0.1) is 11.3 Å². The third-order valence-electron chi connectivity index (χ3n) is 6.08. The van der Waals surface area contributed by atoms with Gasteiger partial charge in [-0.05, 0) is 56.2 Å². The summed E-state index contributed by atoms with van der Waals surface area (Å²) < 4.78 is 20.9. The highest BCUT2D eigenvalue weighted by Crippen LogP contribution is 2.33. The van der Waals surface area contributed by atoms with Gasteiger partial charge in [-0.2, -0.15) is 0 Å². The Hall–Kier alpha value is -2.73. The standard InChI is InChI=1S/C25H26FN3OS/c1-2-30-24-13-18(28-22-10-8-17(26)12-21(22)24)15-29(19-6-4-3-5-7-19)20-9-11-23-25(14-20)31-16-27-23/h8-14,16,19H,2-7,15H2,1H3. The fourth-order valence-corrected chi connectivity index (χ4v) is 5.31. The van der Waals surface area contributed by atoms with Gasteiger partial charge in [-0.1, -0.05) is 19.3 Å². The highest BCUT2D eigenvalue weighted by molar-refractivity contribution is 7.16. The van der Waals surface area contributed by atoms with E-state index in [4.69, 9.17) is 9.72 Å². The molecule has 6 heteroatoms. The topological polar surface area (TPSA) is 38.2 Å². The zero-order valence-corrected chi connectivity index (χ0v) is 18.5. The molecule has 0 amide bonds. The fraction of sp³-hybridized carbons (Fsp3) is 0.360. The third kappa shape index (κ3) is 4.22. The molecule has 0 N–H and O–H groups in total. The molecule has 2 aromatic carbocycles. The Morgan fingerprint density at radius 3 is 2.74 bits per heavy atom. The summed E-state index contributed by atoms with van der Waals surface area (Å²) >= 11 is 1.68. The summed E-state index contributed by atoms with van der Waals surface area (Å²) in [7, 11) is 0. The van der Waals surface area contributed by atoms with E-state index in [0.29, 0.717) is 24.9 Å². The average molecular weight is 436 g/mol. The average Bonchev–Trinajstić information content (AvgIpc) is 3.26. The first-order valence-corrected chi connectivity index (χ1v) is 11.9. The molecule has 0 bridgehead atoms. The largest absolute Gasteiger partial charge is 0.493 e. The number of benzene rings is 2. The maximum atomic E-state index is 13.8. The van der Waals surface area contributed by atoms with Crippen LogP contribution >= 0.6 is 11.3 Å². The molecule has 31 heavy (non-hydrogen) atoms. The van der Waals surface area contributed by atoms with Gasteiger partial charge in [0.15, 0.2) is 0 Å². The zero-order chi connectivity index (χ0) is 21.2. The van der Waals surface area contributed by atoms with Gasteiger partial charge in [-0.25, -0.2) is 9.37 Å². The summed E-state index contributed by atoms with van der Waals surface area (Å²) in [6.07, 6.45) is 6.22. The number of halogens is 1. The highest BCUT2D eigenvalue weighted by atomic mass is 32.1. The monoisotopic (exact) mass is 435 g/mol. The quantitative estimate of drug-likeness (QED) is 0.337. The molecule has 1 aliphatic carbocycles. The van der Waals surface area contributed by atoms with Gasteiger partial charge < -0.3 is 9.64 Å². The van der Waals surface area contributed by atoms with Crippen LogP contribution in [0.15, 0.2) is 48.0 Å². The van der Waals surface area contributed by atoms with Gasteiger partial charge in [0.2, 0.25) is 0 Å². The Labute approximate surface area is 185 Å². The molecule has 0 atom stereocenters. The number of ether oxygens (including phenoxy) is 1. The van der Waals surface area contributed by atoms with Crippen molar-refractivity contribution in [3.05, 3.63) is 59.5 Å². The fourth-order valence-electron chi connectivity index (χ4n) is 4.60. The summed E-state index contributed by atoms with van der Waals surface area (Å²) in [5.41, 5.74) is 5.86. The second-order valence-electron chi connectivity index (χ2n) is 8.13. The van der Waals surface area contributed by atoms with Crippen LogP contribution in [-0.4, -0.2) is 22.6 Å². The molecule has 4 aromatic rings. The van der Waals surface area contributed by atoms with E-state index in [1.807, 2.05) is 18.5 Å². The van der Waals surface area contributed by atoms with Crippen LogP contribution < -0.4 is 9.64 Å². The lowest BCUT2D eigenvalue weighted by atomic mass is 9.93. The lowest BCUT2D eigenvalue weighted by molar-refractivity contribution is 0.343. The highest BCUT2D eigenvalue weighted by Gasteiger charge is 2.23. The van der Waals surface area contributed by atoms with E-state index in [9.17, 15) is 4.39 Å². The van der Waals surface area contributed by atoms with Crippen molar-refractivity contribution in [1.82, 2.24) is 9.97 Å². The van der Waals surface area contributed by atoms with Crippen LogP contribution in [0.25, 0.3) is 21.1 Å². The molecular weight excluding hydrogens is 409 g/mol. The lowest BCUT2D eigenvalue weighted by Crippen LogP contribution is -2.36. The number of thiazole rings is 1. The van der Waals surface area contributed by atoms with E-state index in [0.717, 1.165) is 22.1 Å². The van der Waals surface area contributed by atoms with Crippen molar-refractivity contribution in [2.45, 2.75) is 51.6 Å². The summed E-state index contributed by atoms with van der Waals surface area (Å²) in [6.45, 7) is 3.18. The second kappa shape index (κ2) is 8.79. The number of hydrogen-bond donors (Lipinski definition) is 0. The molecule has 0 unspecified atom stereocenters. The van der Waals surface area contributed by atoms with E-state index in [1.54, 1.807) is 17.4 Å². The smallest absolute Gasteiger partial charge is 0.130 e. The summed E-state index contributed by atoms with van der Waals surface area (Å²) in [6, 6.07) is 13.7. The molecule has 0 saturated heterocycles. The Balaban J connectivity index is 1.55. The maximum Gasteiger partial charge on any atom is 0.130 e. The molecule has 0 aliphatic heterocycles. The molecule has 4 nitrogen and oxygen atoms in total. The molecule has 0 spiro atoms. The van der Waals surface area contributed by atoms with Crippen LogP contribution in [0, 0.1) is 5.82 Å². The van der Waals surface area contributed by atoms with Gasteiger partial charge in [0.05, 0.1) is 40.1 Å². The van der Waals surface area contributed by atoms with E-state index >= 15 is 0 Å². The van der Waals surface area contributed by atoms with Crippen LogP contribution in [-0.2, 0) is 6.54 Å². The molecule has 0 radical (unpaired) electrons. The molecule has 5 rings (SSSR count). The van der Waals surface area contributed by atoms with Gasteiger partial charge in [0, 0.05) is 23.2 Å². The van der Waals surface area contributed by atoms with E-state index < -0.39 is 0 Å². The number of nitrogens with zero attached hydrogens (tertiary/aromatic N) is 3. The second-order valence-corrected chi connectivity index (χ2v) is 9.02.